The highest BCUT2D eigenvalue weighted by atomic mass is 79.9. The summed E-state index contributed by atoms with van der Waals surface area (Å²) in [7, 11) is 0. The number of hydrogen-bond donors (Lipinski definition) is 2. The van der Waals surface area contributed by atoms with Crippen molar-refractivity contribution in [2.24, 2.45) is 0 Å². The van der Waals surface area contributed by atoms with Gasteiger partial charge in [0.25, 0.3) is 0 Å². The van der Waals surface area contributed by atoms with Crippen molar-refractivity contribution in [3.05, 3.63) is 56.8 Å². The molecule has 1 aliphatic rings. The Hall–Kier alpha value is -1.59. The second kappa shape index (κ2) is 5.66. The molecule has 0 spiro atoms. The Bertz CT molecular complexity index is 736. The molecule has 6 heteroatoms. The van der Waals surface area contributed by atoms with E-state index in [1.807, 2.05) is 6.07 Å². The van der Waals surface area contributed by atoms with Crippen LogP contribution in [0.1, 0.15) is 11.1 Å². The Morgan fingerprint density at radius 2 is 2.14 bits per heavy atom. The summed E-state index contributed by atoms with van der Waals surface area (Å²) in [6, 6.07) is 8.10. The first-order valence-corrected chi connectivity index (χ1v) is 7.50. The molecule has 3 rings (SSSR count). The largest absolute Gasteiger partial charge is 0.380 e. The fraction of sp³-hybridized carbons (Fsp3) is 0.133. The van der Waals surface area contributed by atoms with Gasteiger partial charge in [-0.1, -0.05) is 27.5 Å². The highest BCUT2D eigenvalue weighted by molar-refractivity contribution is 9.10. The second-order valence-corrected chi connectivity index (χ2v) is 6.06. The highest BCUT2D eigenvalue weighted by Crippen LogP contribution is 2.33. The van der Waals surface area contributed by atoms with Gasteiger partial charge in [-0.05, 0) is 41.5 Å². The third kappa shape index (κ3) is 3.04. The van der Waals surface area contributed by atoms with Gasteiger partial charge in [0, 0.05) is 16.7 Å². The maximum absolute atomic E-state index is 13.3. The maximum Gasteiger partial charge on any atom is 0.228 e. The third-order valence-electron chi connectivity index (χ3n) is 3.30. The van der Waals surface area contributed by atoms with Crippen LogP contribution in [0.2, 0.25) is 5.02 Å². The highest BCUT2D eigenvalue weighted by Gasteiger charge is 2.19. The van der Waals surface area contributed by atoms with Crippen molar-refractivity contribution in [1.82, 2.24) is 0 Å². The molecule has 108 valence electrons. The average Bonchev–Trinajstić information content (AvgIpc) is 2.78. The number of halogens is 3. The lowest BCUT2D eigenvalue weighted by Gasteiger charge is -2.11. The van der Waals surface area contributed by atoms with E-state index in [-0.39, 0.29) is 11.7 Å². The van der Waals surface area contributed by atoms with Crippen molar-refractivity contribution >= 4 is 44.8 Å². The lowest BCUT2D eigenvalue weighted by Crippen LogP contribution is -2.03. The molecule has 1 amide bonds. The van der Waals surface area contributed by atoms with Crippen LogP contribution in [0.4, 0.5) is 15.8 Å². The number of anilines is 2. The molecular formula is C15H11BrClFN2O. The zero-order chi connectivity index (χ0) is 15.0. The van der Waals surface area contributed by atoms with Crippen molar-refractivity contribution in [3.63, 3.8) is 0 Å². The van der Waals surface area contributed by atoms with Crippen LogP contribution in [-0.2, 0) is 17.8 Å². The first-order valence-electron chi connectivity index (χ1n) is 6.33. The lowest BCUT2D eigenvalue weighted by molar-refractivity contribution is -0.115. The Morgan fingerprint density at radius 3 is 2.95 bits per heavy atom. The molecule has 0 atom stereocenters. The van der Waals surface area contributed by atoms with Crippen molar-refractivity contribution in [2.45, 2.75) is 13.0 Å². The summed E-state index contributed by atoms with van der Waals surface area (Å²) in [6.45, 7) is 0.429. The Labute approximate surface area is 134 Å². The summed E-state index contributed by atoms with van der Waals surface area (Å²) in [6.07, 6.45) is 0.352. The summed E-state index contributed by atoms with van der Waals surface area (Å²) in [5.41, 5.74) is 3.18. The van der Waals surface area contributed by atoms with Crippen LogP contribution in [0.25, 0.3) is 0 Å². The second-order valence-electron chi connectivity index (χ2n) is 4.80. The predicted molar refractivity (Wildman–Crippen MR) is 85.2 cm³/mol. The van der Waals surface area contributed by atoms with Crippen LogP contribution in [0.3, 0.4) is 0 Å². The quantitative estimate of drug-likeness (QED) is 0.844. The Balaban J connectivity index is 1.81. The van der Waals surface area contributed by atoms with Crippen LogP contribution in [0.5, 0.6) is 0 Å². The number of carbonyl (C=O) groups excluding carboxylic acids is 1. The minimum atomic E-state index is -0.287. The molecule has 2 aromatic carbocycles. The molecule has 0 radical (unpaired) electrons. The van der Waals surface area contributed by atoms with Gasteiger partial charge in [0.1, 0.15) is 5.82 Å². The molecule has 0 saturated carbocycles. The van der Waals surface area contributed by atoms with Gasteiger partial charge in [-0.25, -0.2) is 4.39 Å². The molecule has 1 heterocycles. The Morgan fingerprint density at radius 1 is 1.33 bits per heavy atom. The van der Waals surface area contributed by atoms with Gasteiger partial charge in [-0.2, -0.15) is 0 Å². The molecule has 21 heavy (non-hydrogen) atoms. The summed E-state index contributed by atoms with van der Waals surface area (Å²) in [4.78, 5) is 11.4. The number of carbonyl (C=O) groups is 1. The van der Waals surface area contributed by atoms with E-state index >= 15 is 0 Å². The molecule has 3 nitrogen and oxygen atoms in total. The molecule has 2 N–H and O–H groups in total. The van der Waals surface area contributed by atoms with Crippen molar-refractivity contribution in [1.29, 1.82) is 0 Å². The fourth-order valence-corrected chi connectivity index (χ4v) is 2.87. The van der Waals surface area contributed by atoms with E-state index in [0.29, 0.717) is 18.0 Å². The lowest BCUT2D eigenvalue weighted by atomic mass is 10.1. The predicted octanol–water partition coefficient (Wildman–Crippen LogP) is 4.35. The van der Waals surface area contributed by atoms with Gasteiger partial charge >= 0.3 is 0 Å². The van der Waals surface area contributed by atoms with E-state index in [0.717, 1.165) is 27.0 Å². The van der Waals surface area contributed by atoms with E-state index in [1.54, 1.807) is 12.1 Å². The summed E-state index contributed by atoms with van der Waals surface area (Å²) in [5.74, 6) is -0.323. The standard InChI is InChI=1S/C15H11BrClFN2O/c16-11-2-1-10(18)3-9(11)7-19-14-4-8-5-15(21)20-13(8)6-12(14)17/h1-4,6,19H,5,7H2,(H,20,21). The molecule has 0 saturated heterocycles. The van der Waals surface area contributed by atoms with Gasteiger partial charge < -0.3 is 10.6 Å². The summed E-state index contributed by atoms with van der Waals surface area (Å²) >= 11 is 9.58. The monoisotopic (exact) mass is 368 g/mol. The minimum Gasteiger partial charge on any atom is -0.380 e. The van der Waals surface area contributed by atoms with E-state index in [4.69, 9.17) is 11.6 Å². The summed E-state index contributed by atoms with van der Waals surface area (Å²) in [5, 5.41) is 6.44. The van der Waals surface area contributed by atoms with Crippen molar-refractivity contribution < 1.29 is 9.18 Å². The zero-order valence-electron chi connectivity index (χ0n) is 10.8. The van der Waals surface area contributed by atoms with E-state index in [1.165, 1.54) is 12.1 Å². The van der Waals surface area contributed by atoms with E-state index in [9.17, 15) is 9.18 Å². The topological polar surface area (TPSA) is 41.1 Å². The number of nitrogens with one attached hydrogen (secondary N) is 2. The molecule has 0 fully saturated rings. The molecular weight excluding hydrogens is 359 g/mol. The molecule has 0 aliphatic carbocycles. The van der Waals surface area contributed by atoms with Crippen molar-refractivity contribution in [2.75, 3.05) is 10.6 Å². The Kier molecular flexibility index (Phi) is 3.87. The number of hydrogen-bond acceptors (Lipinski definition) is 2. The number of benzene rings is 2. The van der Waals surface area contributed by atoms with Crippen LogP contribution < -0.4 is 10.6 Å². The molecule has 2 aromatic rings. The van der Waals surface area contributed by atoms with E-state index < -0.39 is 0 Å². The zero-order valence-corrected chi connectivity index (χ0v) is 13.2. The van der Waals surface area contributed by atoms with Gasteiger partial charge in [-0.15, -0.1) is 0 Å². The van der Waals surface area contributed by atoms with Gasteiger partial charge in [0.2, 0.25) is 5.91 Å². The van der Waals surface area contributed by atoms with Crippen molar-refractivity contribution in [3.8, 4) is 0 Å². The molecule has 0 unspecified atom stereocenters. The molecule has 0 aromatic heterocycles. The van der Waals surface area contributed by atoms with Gasteiger partial charge in [0.05, 0.1) is 17.1 Å². The number of amides is 1. The van der Waals surface area contributed by atoms with E-state index in [2.05, 4.69) is 26.6 Å². The molecule has 1 aliphatic heterocycles. The molecule has 0 bridgehead atoms. The van der Waals surface area contributed by atoms with Crippen LogP contribution in [0.15, 0.2) is 34.8 Å². The van der Waals surface area contributed by atoms with Crippen LogP contribution in [-0.4, -0.2) is 5.91 Å². The SMILES string of the molecule is O=C1Cc2cc(NCc3cc(F)ccc3Br)c(Cl)cc2N1. The maximum atomic E-state index is 13.3. The fourth-order valence-electron chi connectivity index (χ4n) is 2.25. The first kappa shape index (κ1) is 14.4. The van der Waals surface area contributed by atoms with Crippen LogP contribution >= 0.6 is 27.5 Å². The normalized spacial score (nSPS) is 13.0. The number of fused-ring (bicyclic) bond motifs is 1. The minimum absolute atomic E-state index is 0.0360. The third-order valence-corrected chi connectivity index (χ3v) is 4.38. The number of rotatable bonds is 3. The smallest absolute Gasteiger partial charge is 0.228 e. The average molecular weight is 370 g/mol. The van der Waals surface area contributed by atoms with Gasteiger partial charge in [0.15, 0.2) is 0 Å². The summed E-state index contributed by atoms with van der Waals surface area (Å²) < 4.78 is 14.1. The van der Waals surface area contributed by atoms with Gasteiger partial charge in [-0.3, -0.25) is 4.79 Å². The van der Waals surface area contributed by atoms with Crippen LogP contribution in [0, 0.1) is 5.82 Å². The first-order chi connectivity index (χ1) is 10.0.